The Morgan fingerprint density at radius 3 is 2.09 bits per heavy atom. The highest BCUT2D eigenvalue weighted by molar-refractivity contribution is 5.89. The molecular weight excluding hydrogens is 400 g/mol. The van der Waals surface area contributed by atoms with Crippen LogP contribution in [0.15, 0.2) is 60.7 Å². The van der Waals surface area contributed by atoms with Crippen molar-refractivity contribution < 1.29 is 9.59 Å². The number of carbonyl (C=O) groups is 2. The van der Waals surface area contributed by atoms with Crippen LogP contribution >= 0.6 is 0 Å². The van der Waals surface area contributed by atoms with Crippen molar-refractivity contribution >= 4 is 17.6 Å². The first kappa shape index (κ1) is 22.3. The van der Waals surface area contributed by atoms with Gasteiger partial charge in [0.05, 0.1) is 12.1 Å². The molecule has 6 nitrogen and oxygen atoms in total. The Bertz CT molecular complexity index is 875. The summed E-state index contributed by atoms with van der Waals surface area (Å²) in [6.45, 7) is 4.74. The van der Waals surface area contributed by atoms with Crippen LogP contribution in [-0.2, 0) is 4.79 Å². The Morgan fingerprint density at radius 2 is 1.47 bits per heavy atom. The summed E-state index contributed by atoms with van der Waals surface area (Å²) in [4.78, 5) is 30.2. The zero-order chi connectivity index (χ0) is 22.3. The van der Waals surface area contributed by atoms with Crippen LogP contribution in [0.2, 0.25) is 0 Å². The van der Waals surface area contributed by atoms with Gasteiger partial charge in [0.25, 0.3) is 0 Å². The van der Waals surface area contributed by atoms with Crippen LogP contribution in [0.5, 0.6) is 0 Å². The van der Waals surface area contributed by atoms with Gasteiger partial charge in [-0.15, -0.1) is 0 Å². The summed E-state index contributed by atoms with van der Waals surface area (Å²) in [5.41, 5.74) is 1.92. The molecule has 170 valence electrons. The van der Waals surface area contributed by atoms with E-state index in [4.69, 9.17) is 0 Å². The number of para-hydroxylation sites is 1. The monoisotopic (exact) mass is 434 g/mol. The Hall–Kier alpha value is -2.86. The smallest absolute Gasteiger partial charge is 0.321 e. The molecule has 2 aliphatic rings. The van der Waals surface area contributed by atoms with Crippen molar-refractivity contribution in [1.82, 2.24) is 15.1 Å². The maximum absolute atomic E-state index is 13.4. The van der Waals surface area contributed by atoms with E-state index in [0.29, 0.717) is 19.0 Å². The minimum Gasteiger partial charge on any atom is -0.348 e. The summed E-state index contributed by atoms with van der Waals surface area (Å²) >= 11 is 0. The summed E-state index contributed by atoms with van der Waals surface area (Å²) in [5.74, 6) is 0.512. The fourth-order valence-corrected chi connectivity index (χ4v) is 5.00. The molecular formula is C26H34N4O2. The predicted molar refractivity (Wildman–Crippen MR) is 127 cm³/mol. The van der Waals surface area contributed by atoms with Gasteiger partial charge in [0.1, 0.15) is 0 Å². The average molecular weight is 435 g/mol. The second kappa shape index (κ2) is 10.6. The van der Waals surface area contributed by atoms with Crippen LogP contribution in [0, 0.1) is 5.92 Å². The Morgan fingerprint density at radius 1 is 0.875 bits per heavy atom. The zero-order valence-electron chi connectivity index (χ0n) is 18.9. The van der Waals surface area contributed by atoms with E-state index in [1.807, 2.05) is 60.4 Å². The first-order chi connectivity index (χ1) is 15.6. The number of nitrogens with zero attached hydrogens (tertiary/aromatic N) is 2. The van der Waals surface area contributed by atoms with Crippen LogP contribution in [0.3, 0.4) is 0 Å². The lowest BCUT2D eigenvalue weighted by Crippen LogP contribution is -2.58. The number of urea groups is 1. The number of carbonyl (C=O) groups excluding carboxylic acids is 2. The van der Waals surface area contributed by atoms with E-state index >= 15 is 0 Å². The first-order valence-electron chi connectivity index (χ1n) is 11.8. The van der Waals surface area contributed by atoms with E-state index in [1.165, 1.54) is 12.8 Å². The number of hydrogen-bond acceptors (Lipinski definition) is 3. The van der Waals surface area contributed by atoms with Crippen LogP contribution in [0.25, 0.3) is 0 Å². The molecule has 1 aliphatic heterocycles. The second-order valence-electron chi connectivity index (χ2n) is 8.95. The molecule has 32 heavy (non-hydrogen) atoms. The standard InChI is InChI=1S/C26H34N4O2/c1-20(21-10-4-2-5-11-21)27-25(31)24(22-12-8-9-13-22)29-16-18-30(19-17-29)26(32)28-23-14-6-3-7-15-23/h2-7,10-11,14-15,20,22,24H,8-9,12-13,16-19H2,1H3,(H,27,31)(H,28,32)/t20-,24+/m1/s1. The summed E-state index contributed by atoms with van der Waals surface area (Å²) in [6, 6.07) is 19.4. The minimum atomic E-state index is -0.122. The van der Waals surface area contributed by atoms with Crippen molar-refractivity contribution in [3.63, 3.8) is 0 Å². The molecule has 0 spiro atoms. The van der Waals surface area contributed by atoms with E-state index < -0.39 is 0 Å². The van der Waals surface area contributed by atoms with Crippen molar-refractivity contribution in [2.24, 2.45) is 5.92 Å². The van der Waals surface area contributed by atoms with Gasteiger partial charge in [-0.25, -0.2) is 4.79 Å². The fraction of sp³-hybridized carbons (Fsp3) is 0.462. The van der Waals surface area contributed by atoms with Gasteiger partial charge < -0.3 is 15.5 Å². The largest absolute Gasteiger partial charge is 0.348 e. The SMILES string of the molecule is C[C@@H](NC(=O)[C@H](C1CCCC1)N1CCN(C(=O)Nc2ccccc2)CC1)c1ccccc1. The minimum absolute atomic E-state index is 0.0226. The quantitative estimate of drug-likeness (QED) is 0.714. The van der Waals surface area contributed by atoms with E-state index in [0.717, 1.165) is 37.2 Å². The molecule has 1 saturated carbocycles. The zero-order valence-corrected chi connectivity index (χ0v) is 18.9. The van der Waals surface area contributed by atoms with Crippen molar-refractivity contribution in [2.75, 3.05) is 31.5 Å². The van der Waals surface area contributed by atoms with E-state index in [1.54, 1.807) is 0 Å². The maximum atomic E-state index is 13.4. The van der Waals surface area contributed by atoms with Crippen LogP contribution in [-0.4, -0.2) is 54.0 Å². The fourth-order valence-electron chi connectivity index (χ4n) is 5.00. The van der Waals surface area contributed by atoms with Gasteiger partial charge in [0.2, 0.25) is 5.91 Å². The molecule has 4 rings (SSSR count). The molecule has 0 radical (unpaired) electrons. The third-order valence-electron chi connectivity index (χ3n) is 6.79. The number of amides is 3. The summed E-state index contributed by atoms with van der Waals surface area (Å²) in [5, 5.41) is 6.23. The molecule has 2 atom stereocenters. The number of anilines is 1. The second-order valence-corrected chi connectivity index (χ2v) is 8.95. The molecule has 3 amide bonds. The van der Waals surface area contributed by atoms with Crippen LogP contribution < -0.4 is 10.6 Å². The molecule has 6 heteroatoms. The van der Waals surface area contributed by atoms with Crippen molar-refractivity contribution in [3.8, 4) is 0 Å². The lowest BCUT2D eigenvalue weighted by atomic mass is 9.94. The average Bonchev–Trinajstić information content (AvgIpc) is 3.35. The molecule has 2 N–H and O–H groups in total. The van der Waals surface area contributed by atoms with Gasteiger partial charge in [-0.1, -0.05) is 61.4 Å². The van der Waals surface area contributed by atoms with Gasteiger partial charge in [-0.05, 0) is 43.4 Å². The molecule has 1 saturated heterocycles. The molecule has 2 aromatic rings. The third kappa shape index (κ3) is 5.49. The lowest BCUT2D eigenvalue weighted by Gasteiger charge is -2.41. The Kier molecular flexibility index (Phi) is 7.43. The third-order valence-corrected chi connectivity index (χ3v) is 6.79. The maximum Gasteiger partial charge on any atom is 0.321 e. The first-order valence-corrected chi connectivity index (χ1v) is 11.8. The molecule has 0 bridgehead atoms. The Labute approximate surface area is 191 Å². The molecule has 2 fully saturated rings. The highest BCUT2D eigenvalue weighted by Gasteiger charge is 2.37. The number of nitrogens with one attached hydrogen (secondary N) is 2. The van der Waals surface area contributed by atoms with E-state index in [-0.39, 0.29) is 24.0 Å². The van der Waals surface area contributed by atoms with E-state index in [2.05, 4.69) is 27.7 Å². The molecule has 2 aromatic carbocycles. The highest BCUT2D eigenvalue weighted by atomic mass is 16.2. The van der Waals surface area contributed by atoms with Crippen molar-refractivity contribution in [2.45, 2.75) is 44.7 Å². The van der Waals surface area contributed by atoms with Gasteiger partial charge in [-0.3, -0.25) is 9.69 Å². The predicted octanol–water partition coefficient (Wildman–Crippen LogP) is 4.27. The molecule has 0 unspecified atom stereocenters. The van der Waals surface area contributed by atoms with Gasteiger partial charge in [0.15, 0.2) is 0 Å². The number of piperazine rings is 1. The molecule has 1 aliphatic carbocycles. The van der Waals surface area contributed by atoms with Crippen molar-refractivity contribution in [3.05, 3.63) is 66.2 Å². The van der Waals surface area contributed by atoms with Gasteiger partial charge in [0, 0.05) is 31.9 Å². The Balaban J connectivity index is 1.37. The van der Waals surface area contributed by atoms with Crippen LogP contribution in [0.1, 0.15) is 44.2 Å². The summed E-state index contributed by atoms with van der Waals surface area (Å²) < 4.78 is 0. The number of benzene rings is 2. The molecule has 1 heterocycles. The number of hydrogen-bond donors (Lipinski definition) is 2. The van der Waals surface area contributed by atoms with Crippen molar-refractivity contribution in [1.29, 1.82) is 0 Å². The normalized spacial score (nSPS) is 19.3. The van der Waals surface area contributed by atoms with E-state index in [9.17, 15) is 9.59 Å². The highest BCUT2D eigenvalue weighted by Crippen LogP contribution is 2.31. The summed E-state index contributed by atoms with van der Waals surface area (Å²) in [7, 11) is 0. The molecule has 0 aromatic heterocycles. The summed E-state index contributed by atoms with van der Waals surface area (Å²) in [6.07, 6.45) is 4.60. The van der Waals surface area contributed by atoms with Crippen LogP contribution in [0.4, 0.5) is 10.5 Å². The van der Waals surface area contributed by atoms with Gasteiger partial charge >= 0.3 is 6.03 Å². The number of rotatable bonds is 6. The topological polar surface area (TPSA) is 64.7 Å². The van der Waals surface area contributed by atoms with Gasteiger partial charge in [-0.2, -0.15) is 0 Å². The lowest BCUT2D eigenvalue weighted by molar-refractivity contribution is -0.129.